The van der Waals surface area contributed by atoms with Crippen LogP contribution in [-0.4, -0.2) is 103 Å². The molecule has 0 saturated carbocycles. The Bertz CT molecular complexity index is 1530. The molecule has 3 aromatic rings. The number of rotatable bonds is 12. The summed E-state index contributed by atoms with van der Waals surface area (Å²) in [6, 6.07) is 11.6. The Balaban J connectivity index is 1.16. The van der Waals surface area contributed by atoms with Gasteiger partial charge in [-0.25, -0.2) is 4.98 Å². The number of hydrogen-bond acceptors (Lipinski definition) is 9. The first-order valence-corrected chi connectivity index (χ1v) is 18.1. The van der Waals surface area contributed by atoms with Gasteiger partial charge < -0.3 is 19.4 Å². The molecule has 2 aliphatic rings. The fourth-order valence-electron chi connectivity index (χ4n) is 5.96. The highest BCUT2D eigenvalue weighted by Crippen LogP contribution is 2.38. The highest BCUT2D eigenvalue weighted by molar-refractivity contribution is 8.01. The maximum atomic E-state index is 13.5. The Kier molecular flexibility index (Phi) is 12.2. The molecule has 0 bridgehead atoms. The number of aryl methyl sites for hydroxylation is 1. The zero-order valence-electron chi connectivity index (χ0n) is 27.9. The summed E-state index contributed by atoms with van der Waals surface area (Å²) in [5.41, 5.74) is 3.19. The molecule has 2 aromatic carbocycles. The minimum absolute atomic E-state index is 0.0227. The average molecular weight is 679 g/mol. The van der Waals surface area contributed by atoms with Gasteiger partial charge in [-0.15, -0.1) is 0 Å². The predicted molar refractivity (Wildman–Crippen MR) is 189 cm³/mol. The zero-order chi connectivity index (χ0) is 33.3. The molecule has 2 saturated heterocycles. The average Bonchev–Trinajstić information content (AvgIpc) is 3.53. The Labute approximate surface area is 286 Å². The van der Waals surface area contributed by atoms with Gasteiger partial charge in [-0.2, -0.15) is 0 Å². The topological polar surface area (TPSA) is 98.3 Å². The van der Waals surface area contributed by atoms with E-state index in [0.29, 0.717) is 48.2 Å². The molecule has 2 fully saturated rings. The second-order valence-corrected chi connectivity index (χ2v) is 14.5. The van der Waals surface area contributed by atoms with Crippen LogP contribution in [0, 0.1) is 6.92 Å². The third-order valence-electron chi connectivity index (χ3n) is 8.85. The first-order valence-electron chi connectivity index (χ1n) is 16.5. The van der Waals surface area contributed by atoms with E-state index in [-0.39, 0.29) is 17.7 Å². The third kappa shape index (κ3) is 9.05. The van der Waals surface area contributed by atoms with Crippen molar-refractivity contribution in [3.8, 4) is 5.75 Å². The second-order valence-electron chi connectivity index (χ2n) is 12.1. The second kappa shape index (κ2) is 16.5. The maximum absolute atomic E-state index is 13.5. The number of methoxy groups -OCH3 is 1. The van der Waals surface area contributed by atoms with Gasteiger partial charge in [-0.1, -0.05) is 49.3 Å². The van der Waals surface area contributed by atoms with E-state index in [1.54, 1.807) is 30.0 Å². The van der Waals surface area contributed by atoms with Crippen LogP contribution in [0.25, 0.3) is 0 Å². The van der Waals surface area contributed by atoms with Crippen LogP contribution in [0.5, 0.6) is 5.75 Å². The van der Waals surface area contributed by atoms with Crippen molar-refractivity contribution >= 4 is 51.6 Å². The minimum atomic E-state index is -0.197. The highest BCUT2D eigenvalue weighted by Gasteiger charge is 2.26. The van der Waals surface area contributed by atoms with Crippen molar-refractivity contribution in [3.63, 3.8) is 0 Å². The molecule has 2 aliphatic heterocycles. The van der Waals surface area contributed by atoms with Gasteiger partial charge in [0.2, 0.25) is 5.91 Å². The van der Waals surface area contributed by atoms with Crippen molar-refractivity contribution < 1.29 is 19.1 Å². The van der Waals surface area contributed by atoms with Crippen molar-refractivity contribution in [1.82, 2.24) is 19.7 Å². The summed E-state index contributed by atoms with van der Waals surface area (Å²) in [7, 11) is 1.56. The highest BCUT2D eigenvalue weighted by atomic mass is 32.2. The van der Waals surface area contributed by atoms with Gasteiger partial charge in [0.05, 0.1) is 23.1 Å². The van der Waals surface area contributed by atoms with Gasteiger partial charge in [0.1, 0.15) is 5.75 Å². The molecule has 10 nitrogen and oxygen atoms in total. The van der Waals surface area contributed by atoms with Crippen molar-refractivity contribution in [2.24, 2.45) is 0 Å². The number of nitrogens with zero attached hydrogens (tertiary/aromatic N) is 5. The maximum Gasteiger partial charge on any atom is 0.257 e. The number of hydrogen-bond donors (Lipinski definition) is 1. The standard InChI is InChI=1S/C35H46N6O4S2/c1-5-6-7-8-13-38-14-16-40(17-15-38)28-11-9-27(10-12-28)33(43)37-35-36-24-32(47-35)46-31-23-29(30(45-4)22-25(31)2)34(44)41-20-18-39(19-21-41)26(3)42/h9-12,22-24H,5-8,13-21H2,1-4H3,(H,36,37,43). The number of aromatic nitrogens is 1. The summed E-state index contributed by atoms with van der Waals surface area (Å²) in [6.07, 6.45) is 6.93. The van der Waals surface area contributed by atoms with Gasteiger partial charge >= 0.3 is 0 Å². The molecule has 0 aliphatic carbocycles. The van der Waals surface area contributed by atoms with Gasteiger partial charge in [-0.05, 0) is 61.9 Å². The lowest BCUT2D eigenvalue weighted by Gasteiger charge is -2.36. The summed E-state index contributed by atoms with van der Waals surface area (Å²) >= 11 is 2.89. The van der Waals surface area contributed by atoms with Crippen LogP contribution in [0.1, 0.15) is 65.8 Å². The fraction of sp³-hybridized carbons (Fsp3) is 0.486. The van der Waals surface area contributed by atoms with Crippen molar-refractivity contribution in [2.75, 3.05) is 76.2 Å². The van der Waals surface area contributed by atoms with E-state index in [4.69, 9.17) is 4.74 Å². The van der Waals surface area contributed by atoms with Crippen molar-refractivity contribution in [3.05, 3.63) is 59.3 Å². The lowest BCUT2D eigenvalue weighted by Crippen LogP contribution is -2.50. The zero-order valence-corrected chi connectivity index (χ0v) is 29.6. The quantitative estimate of drug-likeness (QED) is 0.238. The molecule has 0 atom stereocenters. The SMILES string of the molecule is CCCCCCN1CCN(c2ccc(C(=O)Nc3ncc(Sc4cc(C(=O)N5CCN(C(C)=O)CC5)c(OC)cc4C)s3)cc2)CC1. The van der Waals surface area contributed by atoms with E-state index >= 15 is 0 Å². The molecule has 0 unspecified atom stereocenters. The minimum Gasteiger partial charge on any atom is -0.496 e. The van der Waals surface area contributed by atoms with Crippen molar-refractivity contribution in [1.29, 1.82) is 0 Å². The number of thiazole rings is 1. The summed E-state index contributed by atoms with van der Waals surface area (Å²) < 4.78 is 6.47. The van der Waals surface area contributed by atoms with Crippen LogP contribution < -0.4 is 15.0 Å². The van der Waals surface area contributed by atoms with E-state index in [0.717, 1.165) is 46.5 Å². The van der Waals surface area contributed by atoms with Crippen LogP contribution >= 0.6 is 23.1 Å². The largest absolute Gasteiger partial charge is 0.496 e. The van der Waals surface area contributed by atoms with Crippen LogP contribution in [0.2, 0.25) is 0 Å². The molecule has 47 heavy (non-hydrogen) atoms. The van der Waals surface area contributed by atoms with Crippen LogP contribution in [0.3, 0.4) is 0 Å². The predicted octanol–water partition coefficient (Wildman–Crippen LogP) is 5.87. The number of amides is 3. The normalized spacial score (nSPS) is 15.5. The van der Waals surface area contributed by atoms with E-state index in [1.165, 1.54) is 55.3 Å². The monoisotopic (exact) mass is 678 g/mol. The lowest BCUT2D eigenvalue weighted by atomic mass is 10.1. The van der Waals surface area contributed by atoms with Crippen LogP contribution in [-0.2, 0) is 4.79 Å². The van der Waals surface area contributed by atoms with Crippen LogP contribution in [0.15, 0.2) is 51.7 Å². The van der Waals surface area contributed by atoms with Gasteiger partial charge in [-0.3, -0.25) is 24.6 Å². The number of carbonyl (C=O) groups excluding carboxylic acids is 3. The number of unbranched alkanes of at least 4 members (excludes halogenated alkanes) is 3. The first kappa shape index (κ1) is 34.7. The Morgan fingerprint density at radius 1 is 0.936 bits per heavy atom. The summed E-state index contributed by atoms with van der Waals surface area (Å²) in [6.45, 7) is 13.1. The van der Waals surface area contributed by atoms with Gasteiger partial charge in [0.15, 0.2) is 5.13 Å². The summed E-state index contributed by atoms with van der Waals surface area (Å²) in [5, 5.41) is 3.46. The summed E-state index contributed by atoms with van der Waals surface area (Å²) in [4.78, 5) is 52.1. The molecule has 0 radical (unpaired) electrons. The van der Waals surface area contributed by atoms with Gasteiger partial charge in [0.25, 0.3) is 11.8 Å². The molecule has 3 heterocycles. The third-order valence-corrected chi connectivity index (χ3v) is 11.0. The van der Waals surface area contributed by atoms with E-state index in [9.17, 15) is 14.4 Å². The van der Waals surface area contributed by atoms with Crippen LogP contribution in [0.4, 0.5) is 10.8 Å². The van der Waals surface area contributed by atoms with Gasteiger partial charge in [0, 0.05) is 75.4 Å². The molecule has 5 rings (SSSR count). The molecule has 12 heteroatoms. The first-order chi connectivity index (χ1) is 22.7. The smallest absolute Gasteiger partial charge is 0.257 e. The molecule has 1 N–H and O–H groups in total. The summed E-state index contributed by atoms with van der Waals surface area (Å²) in [5.74, 6) is 0.233. The number of anilines is 2. The molecular weight excluding hydrogens is 633 g/mol. The number of benzene rings is 2. The molecule has 3 amide bonds. The fourth-order valence-corrected chi connectivity index (χ4v) is 7.90. The number of piperazine rings is 2. The van der Waals surface area contributed by atoms with E-state index in [1.807, 2.05) is 43.3 Å². The number of carbonyl (C=O) groups is 3. The van der Waals surface area contributed by atoms with E-state index in [2.05, 4.69) is 27.0 Å². The van der Waals surface area contributed by atoms with E-state index < -0.39 is 0 Å². The molecule has 252 valence electrons. The molecule has 1 aromatic heterocycles. The Morgan fingerprint density at radius 2 is 1.64 bits per heavy atom. The Hall–Kier alpha value is -3.61. The Morgan fingerprint density at radius 3 is 2.30 bits per heavy atom. The van der Waals surface area contributed by atoms with Crippen molar-refractivity contribution in [2.45, 2.75) is 55.6 Å². The number of ether oxygens (including phenoxy) is 1. The molecule has 0 spiro atoms. The molecular formula is C35H46N6O4S2. The number of nitrogens with one attached hydrogen (secondary N) is 1. The lowest BCUT2D eigenvalue weighted by molar-refractivity contribution is -0.130.